The van der Waals surface area contributed by atoms with Crippen molar-refractivity contribution in [2.75, 3.05) is 5.43 Å². The van der Waals surface area contributed by atoms with Crippen molar-refractivity contribution in [3.05, 3.63) is 58.0 Å². The van der Waals surface area contributed by atoms with Crippen molar-refractivity contribution in [2.24, 2.45) is 0 Å². The van der Waals surface area contributed by atoms with Crippen LogP contribution in [0.15, 0.2) is 35.3 Å². The van der Waals surface area contributed by atoms with Crippen molar-refractivity contribution in [1.29, 1.82) is 0 Å². The summed E-state index contributed by atoms with van der Waals surface area (Å²) >= 11 is 0. The molecule has 128 valence electrons. The number of hydrogen-bond donors (Lipinski definition) is 1. The van der Waals surface area contributed by atoms with Crippen LogP contribution in [0, 0.1) is 12.7 Å². The third-order valence-electron chi connectivity index (χ3n) is 4.20. The number of aryl methyl sites for hydroxylation is 1. The van der Waals surface area contributed by atoms with E-state index in [0.717, 1.165) is 17.5 Å². The maximum Gasteiger partial charge on any atom is 0.283 e. The number of halogens is 1. The van der Waals surface area contributed by atoms with E-state index in [-0.39, 0.29) is 23.7 Å². The summed E-state index contributed by atoms with van der Waals surface area (Å²) in [6.07, 6.45) is 3.60. The number of nitrogens with zero attached hydrogens (tertiary/aromatic N) is 4. The molecular formula is C17H16FN5O2. The van der Waals surface area contributed by atoms with E-state index in [4.69, 9.17) is 0 Å². The monoisotopic (exact) mass is 341 g/mol. The summed E-state index contributed by atoms with van der Waals surface area (Å²) in [5.41, 5.74) is 3.40. The Morgan fingerprint density at radius 3 is 2.72 bits per heavy atom. The van der Waals surface area contributed by atoms with Crippen molar-refractivity contribution in [3.8, 4) is 0 Å². The molecule has 0 atom stereocenters. The van der Waals surface area contributed by atoms with Gasteiger partial charge >= 0.3 is 0 Å². The molecule has 0 bridgehead atoms. The lowest BCUT2D eigenvalue weighted by Crippen LogP contribution is -2.36. The SMILES string of the molecule is Cc1nc2c(cnn2C2CC2)c(=O)n1NC(=O)Cc1ccc(F)cc1. The molecule has 8 heteroatoms. The van der Waals surface area contributed by atoms with Crippen LogP contribution in [0.5, 0.6) is 0 Å². The Labute approximate surface area is 142 Å². The standard InChI is InChI=1S/C17H16FN5O2/c1-10-20-16-14(9-19-23(16)13-6-7-13)17(25)22(10)21-15(24)8-11-2-4-12(18)5-3-11/h2-5,9,13H,6-8H2,1H3,(H,21,24). The molecule has 2 aromatic heterocycles. The molecule has 0 saturated heterocycles. The predicted octanol–water partition coefficient (Wildman–Crippen LogP) is 1.69. The molecule has 1 fully saturated rings. The molecule has 1 aliphatic carbocycles. The minimum absolute atomic E-state index is 0.0333. The van der Waals surface area contributed by atoms with Crippen molar-refractivity contribution in [1.82, 2.24) is 19.4 Å². The molecule has 0 radical (unpaired) electrons. The van der Waals surface area contributed by atoms with Gasteiger partial charge in [-0.1, -0.05) is 12.1 Å². The molecule has 2 heterocycles. The average molecular weight is 341 g/mol. The zero-order chi connectivity index (χ0) is 17.6. The zero-order valence-corrected chi connectivity index (χ0v) is 13.6. The van der Waals surface area contributed by atoms with Crippen LogP contribution in [0.1, 0.15) is 30.3 Å². The van der Waals surface area contributed by atoms with Crippen molar-refractivity contribution < 1.29 is 9.18 Å². The number of amides is 1. The van der Waals surface area contributed by atoms with Crippen LogP contribution in [0.2, 0.25) is 0 Å². The van der Waals surface area contributed by atoms with Crippen LogP contribution in [-0.2, 0) is 11.2 Å². The summed E-state index contributed by atoms with van der Waals surface area (Å²) < 4.78 is 15.8. The molecule has 1 aliphatic rings. The van der Waals surface area contributed by atoms with E-state index in [2.05, 4.69) is 15.5 Å². The van der Waals surface area contributed by atoms with Crippen molar-refractivity contribution >= 4 is 16.9 Å². The van der Waals surface area contributed by atoms with Gasteiger partial charge in [0, 0.05) is 0 Å². The second-order valence-electron chi connectivity index (χ2n) is 6.20. The summed E-state index contributed by atoms with van der Waals surface area (Å²) in [7, 11) is 0. The van der Waals surface area contributed by atoms with Gasteiger partial charge in [-0.2, -0.15) is 5.10 Å². The smallest absolute Gasteiger partial charge is 0.273 e. The fraction of sp³-hybridized carbons (Fsp3) is 0.294. The normalized spacial score (nSPS) is 14.0. The van der Waals surface area contributed by atoms with Gasteiger partial charge in [0.15, 0.2) is 5.65 Å². The highest BCUT2D eigenvalue weighted by Gasteiger charge is 2.27. The van der Waals surface area contributed by atoms with E-state index in [1.807, 2.05) is 0 Å². The summed E-state index contributed by atoms with van der Waals surface area (Å²) in [6, 6.07) is 5.96. The number of rotatable bonds is 4. The number of fused-ring (bicyclic) bond motifs is 1. The molecule has 1 amide bonds. The van der Waals surface area contributed by atoms with E-state index in [0.29, 0.717) is 28.5 Å². The number of carbonyl (C=O) groups excluding carboxylic acids is 1. The van der Waals surface area contributed by atoms with E-state index < -0.39 is 0 Å². The van der Waals surface area contributed by atoms with Gasteiger partial charge in [0.1, 0.15) is 17.0 Å². The van der Waals surface area contributed by atoms with Crippen molar-refractivity contribution in [2.45, 2.75) is 32.2 Å². The number of hydrogen-bond acceptors (Lipinski definition) is 4. The molecule has 0 aliphatic heterocycles. The molecule has 7 nitrogen and oxygen atoms in total. The first-order valence-corrected chi connectivity index (χ1v) is 8.04. The van der Waals surface area contributed by atoms with Crippen LogP contribution >= 0.6 is 0 Å². The lowest BCUT2D eigenvalue weighted by atomic mass is 10.1. The van der Waals surface area contributed by atoms with Crippen LogP contribution in [0.25, 0.3) is 11.0 Å². The molecule has 0 spiro atoms. The largest absolute Gasteiger partial charge is 0.283 e. The molecule has 3 aromatic rings. The van der Waals surface area contributed by atoms with Gasteiger partial charge in [-0.15, -0.1) is 0 Å². The molecule has 0 unspecified atom stereocenters. The molecule has 25 heavy (non-hydrogen) atoms. The van der Waals surface area contributed by atoms with Gasteiger partial charge in [0.2, 0.25) is 5.91 Å². The fourth-order valence-electron chi connectivity index (χ4n) is 2.76. The van der Waals surface area contributed by atoms with Gasteiger partial charge in [-0.25, -0.2) is 18.7 Å². The number of carbonyl (C=O) groups is 1. The first-order chi connectivity index (χ1) is 12.0. The third-order valence-corrected chi connectivity index (χ3v) is 4.20. The Hall–Kier alpha value is -3.03. The van der Waals surface area contributed by atoms with Crippen LogP contribution in [0.4, 0.5) is 4.39 Å². The summed E-state index contributed by atoms with van der Waals surface area (Å²) in [5.74, 6) is -0.363. The van der Waals surface area contributed by atoms with Crippen LogP contribution < -0.4 is 11.0 Å². The quantitative estimate of drug-likeness (QED) is 0.783. The minimum Gasteiger partial charge on any atom is -0.273 e. The van der Waals surface area contributed by atoms with Crippen LogP contribution in [-0.4, -0.2) is 25.3 Å². The Morgan fingerprint density at radius 1 is 1.32 bits per heavy atom. The number of benzene rings is 1. The van der Waals surface area contributed by atoms with Crippen LogP contribution in [0.3, 0.4) is 0 Å². The Morgan fingerprint density at radius 2 is 2.04 bits per heavy atom. The highest BCUT2D eigenvalue weighted by Crippen LogP contribution is 2.35. The maximum absolute atomic E-state index is 12.9. The van der Waals surface area contributed by atoms with Gasteiger partial charge < -0.3 is 0 Å². The topological polar surface area (TPSA) is 81.8 Å². The first kappa shape index (κ1) is 15.5. The highest BCUT2D eigenvalue weighted by molar-refractivity contribution is 5.86. The predicted molar refractivity (Wildman–Crippen MR) is 89.3 cm³/mol. The lowest BCUT2D eigenvalue weighted by molar-refractivity contribution is -0.116. The fourth-order valence-corrected chi connectivity index (χ4v) is 2.76. The van der Waals surface area contributed by atoms with Gasteiger partial charge in [0.25, 0.3) is 5.56 Å². The molecule has 1 saturated carbocycles. The van der Waals surface area contributed by atoms with E-state index in [1.165, 1.54) is 30.5 Å². The summed E-state index contributed by atoms with van der Waals surface area (Å²) in [6.45, 7) is 1.66. The second kappa shape index (κ2) is 5.80. The molecule has 4 rings (SSSR count). The molecule has 1 N–H and O–H groups in total. The number of nitrogens with one attached hydrogen (secondary N) is 1. The maximum atomic E-state index is 12.9. The third kappa shape index (κ3) is 2.90. The minimum atomic E-state index is -0.382. The van der Waals surface area contributed by atoms with E-state index in [9.17, 15) is 14.0 Å². The molecule has 1 aromatic carbocycles. The lowest BCUT2D eigenvalue weighted by Gasteiger charge is -2.11. The van der Waals surface area contributed by atoms with Gasteiger partial charge in [-0.3, -0.25) is 15.0 Å². The number of aromatic nitrogens is 4. The van der Waals surface area contributed by atoms with Crippen molar-refractivity contribution in [3.63, 3.8) is 0 Å². The Bertz CT molecular complexity index is 1020. The second-order valence-corrected chi connectivity index (χ2v) is 6.20. The first-order valence-electron chi connectivity index (χ1n) is 8.04. The molecular weight excluding hydrogens is 325 g/mol. The Balaban J connectivity index is 1.61. The Kier molecular flexibility index (Phi) is 3.60. The zero-order valence-electron chi connectivity index (χ0n) is 13.6. The highest BCUT2D eigenvalue weighted by atomic mass is 19.1. The average Bonchev–Trinajstić information content (AvgIpc) is 3.34. The summed E-state index contributed by atoms with van der Waals surface area (Å²) in [5, 5.41) is 4.62. The van der Waals surface area contributed by atoms with Gasteiger partial charge in [0.05, 0.1) is 18.7 Å². The van der Waals surface area contributed by atoms with E-state index in [1.54, 1.807) is 11.6 Å². The van der Waals surface area contributed by atoms with Gasteiger partial charge in [-0.05, 0) is 37.5 Å². The summed E-state index contributed by atoms with van der Waals surface area (Å²) in [4.78, 5) is 29.3. The van der Waals surface area contributed by atoms with E-state index >= 15 is 0 Å².